The van der Waals surface area contributed by atoms with E-state index >= 15 is 0 Å². The van der Waals surface area contributed by atoms with Crippen LogP contribution in [0.25, 0.3) is 0 Å². The van der Waals surface area contributed by atoms with Crippen molar-refractivity contribution in [2.24, 2.45) is 5.92 Å². The maximum atomic E-state index is 6.01. The van der Waals surface area contributed by atoms with E-state index in [4.69, 9.17) is 9.72 Å². The minimum Gasteiger partial charge on any atom is -0.477 e. The summed E-state index contributed by atoms with van der Waals surface area (Å²) in [7, 11) is 0. The Morgan fingerprint density at radius 3 is 2.56 bits per heavy atom. The lowest BCUT2D eigenvalue weighted by molar-refractivity contribution is 0.215. The van der Waals surface area contributed by atoms with E-state index in [1.165, 1.54) is 32.1 Å². The van der Waals surface area contributed by atoms with E-state index in [1.807, 2.05) is 18.3 Å². The molecule has 2 aromatic heterocycles. The van der Waals surface area contributed by atoms with Crippen molar-refractivity contribution in [1.82, 2.24) is 19.9 Å². The SMILES string of the molecule is c1nc(OCC2CCN(c3ccnc(C4CC4)n3)CC2)cc(C2CCC2)n1. The molecule has 3 aliphatic rings. The molecule has 0 N–H and O–H groups in total. The lowest BCUT2D eigenvalue weighted by Crippen LogP contribution is -2.36. The van der Waals surface area contributed by atoms with Crippen LogP contribution in [0.3, 0.4) is 0 Å². The van der Waals surface area contributed by atoms with E-state index in [-0.39, 0.29) is 0 Å². The minimum atomic E-state index is 0.577. The third-order valence-corrected chi connectivity index (χ3v) is 6.19. The van der Waals surface area contributed by atoms with E-state index in [1.54, 1.807) is 6.33 Å². The van der Waals surface area contributed by atoms with Crippen LogP contribution in [0.2, 0.25) is 0 Å². The second kappa shape index (κ2) is 7.41. The average molecular weight is 365 g/mol. The largest absolute Gasteiger partial charge is 0.477 e. The number of hydrogen-bond acceptors (Lipinski definition) is 6. The molecule has 6 nitrogen and oxygen atoms in total. The average Bonchev–Trinajstić information content (AvgIpc) is 3.51. The Morgan fingerprint density at radius 1 is 0.963 bits per heavy atom. The van der Waals surface area contributed by atoms with Crippen LogP contribution in [0.1, 0.15) is 68.3 Å². The minimum absolute atomic E-state index is 0.577. The summed E-state index contributed by atoms with van der Waals surface area (Å²) in [5, 5.41) is 0. The van der Waals surface area contributed by atoms with Crippen LogP contribution in [-0.2, 0) is 0 Å². The Hall–Kier alpha value is -2.24. The normalized spacial score (nSPS) is 21.1. The van der Waals surface area contributed by atoms with Crippen LogP contribution >= 0.6 is 0 Å². The molecule has 2 aliphatic carbocycles. The zero-order chi connectivity index (χ0) is 18.1. The van der Waals surface area contributed by atoms with E-state index in [0.717, 1.165) is 55.8 Å². The van der Waals surface area contributed by atoms with Gasteiger partial charge in [-0.3, -0.25) is 0 Å². The van der Waals surface area contributed by atoms with Gasteiger partial charge in [0.2, 0.25) is 5.88 Å². The second-order valence-electron chi connectivity index (χ2n) is 8.20. The summed E-state index contributed by atoms with van der Waals surface area (Å²) in [6, 6.07) is 4.09. The van der Waals surface area contributed by atoms with E-state index in [2.05, 4.69) is 19.9 Å². The molecule has 6 heteroatoms. The van der Waals surface area contributed by atoms with Gasteiger partial charge in [0.15, 0.2) is 0 Å². The molecular weight excluding hydrogens is 338 g/mol. The number of hydrogen-bond donors (Lipinski definition) is 0. The van der Waals surface area contributed by atoms with Crippen molar-refractivity contribution in [3.8, 4) is 5.88 Å². The number of anilines is 1. The van der Waals surface area contributed by atoms with Crippen LogP contribution in [0.4, 0.5) is 5.82 Å². The molecule has 1 aliphatic heterocycles. The third-order valence-electron chi connectivity index (χ3n) is 6.19. The smallest absolute Gasteiger partial charge is 0.216 e. The Balaban J connectivity index is 1.13. The molecule has 0 atom stereocenters. The molecule has 0 amide bonds. The van der Waals surface area contributed by atoms with Crippen LogP contribution in [0.15, 0.2) is 24.7 Å². The Bertz CT molecular complexity index is 782. The molecule has 142 valence electrons. The van der Waals surface area contributed by atoms with Crippen LogP contribution in [-0.4, -0.2) is 39.6 Å². The fourth-order valence-corrected chi connectivity index (χ4v) is 3.97. The molecule has 27 heavy (non-hydrogen) atoms. The molecule has 3 fully saturated rings. The third kappa shape index (κ3) is 3.89. The fourth-order valence-electron chi connectivity index (χ4n) is 3.97. The molecule has 2 aromatic rings. The maximum absolute atomic E-state index is 6.01. The van der Waals surface area contributed by atoms with Crippen LogP contribution < -0.4 is 9.64 Å². The molecule has 0 unspecified atom stereocenters. The van der Waals surface area contributed by atoms with Crippen molar-refractivity contribution >= 4 is 5.82 Å². The number of nitrogens with zero attached hydrogens (tertiary/aromatic N) is 5. The molecule has 0 radical (unpaired) electrons. The van der Waals surface area contributed by atoms with Gasteiger partial charge in [-0.05, 0) is 50.5 Å². The summed E-state index contributed by atoms with van der Waals surface area (Å²) in [4.78, 5) is 20.3. The molecular formula is C21H27N5O. The number of ether oxygens (including phenoxy) is 1. The number of aromatic nitrogens is 4. The first-order valence-corrected chi connectivity index (χ1v) is 10.4. The highest BCUT2D eigenvalue weighted by atomic mass is 16.5. The zero-order valence-corrected chi connectivity index (χ0v) is 15.8. The summed E-state index contributed by atoms with van der Waals surface area (Å²) < 4.78 is 6.01. The van der Waals surface area contributed by atoms with Gasteiger partial charge >= 0.3 is 0 Å². The quantitative estimate of drug-likeness (QED) is 0.778. The first kappa shape index (κ1) is 16.9. The first-order chi connectivity index (χ1) is 13.3. The van der Waals surface area contributed by atoms with Crippen molar-refractivity contribution < 1.29 is 4.74 Å². The molecule has 1 saturated heterocycles. The summed E-state index contributed by atoms with van der Waals surface area (Å²) in [5.74, 6) is 4.66. The predicted molar refractivity (Wildman–Crippen MR) is 103 cm³/mol. The van der Waals surface area contributed by atoms with Gasteiger partial charge in [0, 0.05) is 37.2 Å². The van der Waals surface area contributed by atoms with Crippen molar-refractivity contribution in [3.63, 3.8) is 0 Å². The van der Waals surface area contributed by atoms with Gasteiger partial charge in [-0.15, -0.1) is 0 Å². The van der Waals surface area contributed by atoms with Gasteiger partial charge < -0.3 is 9.64 Å². The molecule has 0 spiro atoms. The Morgan fingerprint density at radius 2 is 1.81 bits per heavy atom. The van der Waals surface area contributed by atoms with Crippen LogP contribution in [0.5, 0.6) is 5.88 Å². The number of piperidine rings is 1. The predicted octanol–water partition coefficient (Wildman–Crippen LogP) is 3.71. The van der Waals surface area contributed by atoms with Crippen molar-refractivity contribution in [3.05, 3.63) is 36.2 Å². The highest BCUT2D eigenvalue weighted by Crippen LogP contribution is 2.38. The maximum Gasteiger partial charge on any atom is 0.216 e. The van der Waals surface area contributed by atoms with E-state index < -0.39 is 0 Å². The molecule has 0 bridgehead atoms. The van der Waals surface area contributed by atoms with Gasteiger partial charge in [-0.2, -0.15) is 0 Å². The zero-order valence-electron chi connectivity index (χ0n) is 15.8. The van der Waals surface area contributed by atoms with Gasteiger partial charge in [0.05, 0.1) is 12.3 Å². The topological polar surface area (TPSA) is 64.0 Å². The molecule has 5 rings (SSSR count). The summed E-state index contributed by atoms with van der Waals surface area (Å²) >= 11 is 0. The van der Waals surface area contributed by atoms with Crippen LogP contribution in [0, 0.1) is 5.92 Å². The Labute approximate surface area is 160 Å². The Kier molecular flexibility index (Phi) is 4.64. The van der Waals surface area contributed by atoms with Gasteiger partial charge in [-0.25, -0.2) is 19.9 Å². The summed E-state index contributed by atoms with van der Waals surface area (Å²) in [5.41, 5.74) is 1.15. The second-order valence-corrected chi connectivity index (χ2v) is 8.20. The summed E-state index contributed by atoms with van der Waals surface area (Å²) in [6.45, 7) is 2.81. The number of rotatable bonds is 6. The van der Waals surface area contributed by atoms with Gasteiger partial charge in [0.1, 0.15) is 18.0 Å². The lowest BCUT2D eigenvalue weighted by Gasteiger charge is -2.32. The lowest BCUT2D eigenvalue weighted by atomic mass is 9.83. The highest BCUT2D eigenvalue weighted by molar-refractivity contribution is 5.38. The standard InChI is InChI=1S/C21H27N5O/c1-2-16(3-1)18-12-20(24-14-23-18)27-13-15-7-10-26(11-8-15)19-6-9-22-21(25-19)17-4-5-17/h6,9,12,14-17H,1-5,7-8,10-11,13H2. The first-order valence-electron chi connectivity index (χ1n) is 10.4. The van der Waals surface area contributed by atoms with Gasteiger partial charge in [0.25, 0.3) is 0 Å². The van der Waals surface area contributed by atoms with Crippen molar-refractivity contribution in [2.45, 2.75) is 56.8 Å². The molecule has 0 aromatic carbocycles. The molecule has 3 heterocycles. The summed E-state index contributed by atoms with van der Waals surface area (Å²) in [6.07, 6.45) is 12.1. The monoisotopic (exact) mass is 365 g/mol. The van der Waals surface area contributed by atoms with E-state index in [0.29, 0.717) is 17.8 Å². The van der Waals surface area contributed by atoms with E-state index in [9.17, 15) is 0 Å². The fraction of sp³-hybridized carbons (Fsp3) is 0.619. The van der Waals surface area contributed by atoms with Crippen molar-refractivity contribution in [1.29, 1.82) is 0 Å². The molecule has 2 saturated carbocycles. The highest BCUT2D eigenvalue weighted by Gasteiger charge is 2.28. The van der Waals surface area contributed by atoms with Crippen molar-refractivity contribution in [2.75, 3.05) is 24.6 Å². The van der Waals surface area contributed by atoms with Gasteiger partial charge in [-0.1, -0.05) is 6.42 Å².